The monoisotopic (exact) mass is 311 g/mol. The Labute approximate surface area is 129 Å². The summed E-state index contributed by atoms with van der Waals surface area (Å²) >= 11 is 0. The first-order valence-corrected chi connectivity index (χ1v) is 7.16. The van der Waals surface area contributed by atoms with Gasteiger partial charge in [-0.2, -0.15) is 0 Å². The molecule has 1 aromatic rings. The van der Waals surface area contributed by atoms with Gasteiger partial charge < -0.3 is 15.5 Å². The minimum atomic E-state index is -1.26. The Morgan fingerprint density at radius 3 is 2.50 bits per heavy atom. The van der Waals surface area contributed by atoms with E-state index in [0.29, 0.717) is 12.3 Å². The van der Waals surface area contributed by atoms with Crippen molar-refractivity contribution in [2.75, 3.05) is 6.54 Å². The van der Waals surface area contributed by atoms with Crippen LogP contribution in [-0.4, -0.2) is 34.2 Å². The summed E-state index contributed by atoms with van der Waals surface area (Å²) in [5, 5.41) is 21.4. The molecule has 5 nitrogen and oxygen atoms in total. The number of carbonyl (C=O) groups is 2. The number of carbonyl (C=O) groups excluding carboxylic acids is 1. The zero-order valence-electron chi connectivity index (χ0n) is 13.0. The Bertz CT molecular complexity index is 555. The van der Waals surface area contributed by atoms with Gasteiger partial charge in [0.15, 0.2) is 0 Å². The molecule has 0 aliphatic heterocycles. The highest BCUT2D eigenvalue weighted by atomic mass is 19.1. The average Bonchev–Trinajstić information content (AvgIpc) is 2.42. The summed E-state index contributed by atoms with van der Waals surface area (Å²) < 4.78 is 13.7. The molecule has 3 N–H and O–H groups in total. The van der Waals surface area contributed by atoms with Crippen LogP contribution in [0.3, 0.4) is 0 Å². The van der Waals surface area contributed by atoms with E-state index in [0.717, 1.165) is 24.6 Å². The van der Waals surface area contributed by atoms with Gasteiger partial charge in [0, 0.05) is 6.54 Å². The summed E-state index contributed by atoms with van der Waals surface area (Å²) in [7, 11) is 0. The second-order valence-electron chi connectivity index (χ2n) is 6.11. The normalized spacial score (nSPS) is 13.7. The molecule has 0 radical (unpaired) electrons. The molecule has 1 unspecified atom stereocenters. The first kappa shape index (κ1) is 18.1. The average molecular weight is 311 g/mol. The van der Waals surface area contributed by atoms with Crippen LogP contribution in [0.2, 0.25) is 0 Å². The van der Waals surface area contributed by atoms with Crippen molar-refractivity contribution in [2.24, 2.45) is 5.92 Å². The van der Waals surface area contributed by atoms with Crippen molar-refractivity contribution in [3.63, 3.8) is 0 Å². The van der Waals surface area contributed by atoms with E-state index in [1.165, 1.54) is 0 Å². The second-order valence-corrected chi connectivity index (χ2v) is 6.11. The Balaban J connectivity index is 2.68. The molecule has 1 amide bonds. The predicted octanol–water partition coefficient (Wildman–Crippen LogP) is 2.44. The second kappa shape index (κ2) is 7.35. The van der Waals surface area contributed by atoms with Gasteiger partial charge >= 0.3 is 5.97 Å². The van der Waals surface area contributed by atoms with Gasteiger partial charge in [0.25, 0.3) is 5.91 Å². The summed E-state index contributed by atoms with van der Waals surface area (Å²) in [6.45, 7) is 5.68. The van der Waals surface area contributed by atoms with Gasteiger partial charge in [-0.3, -0.25) is 4.79 Å². The van der Waals surface area contributed by atoms with Crippen molar-refractivity contribution in [3.8, 4) is 0 Å². The molecule has 0 spiro atoms. The molecule has 0 saturated carbocycles. The first-order valence-electron chi connectivity index (χ1n) is 7.16. The molecule has 1 rings (SSSR count). The van der Waals surface area contributed by atoms with Crippen LogP contribution >= 0.6 is 0 Å². The SMILES string of the molecule is CC(C)CCC(C)(O)CNC(=O)c1ccc(C(=O)O)cc1F. The maximum atomic E-state index is 13.7. The molecule has 6 heteroatoms. The quantitative estimate of drug-likeness (QED) is 0.722. The van der Waals surface area contributed by atoms with Gasteiger partial charge in [-0.1, -0.05) is 13.8 Å². The molecule has 0 aliphatic rings. The van der Waals surface area contributed by atoms with E-state index >= 15 is 0 Å². The van der Waals surface area contributed by atoms with Gasteiger partial charge in [0.2, 0.25) is 0 Å². The van der Waals surface area contributed by atoms with Crippen molar-refractivity contribution in [3.05, 3.63) is 35.1 Å². The maximum Gasteiger partial charge on any atom is 0.335 e. The molecule has 1 atom stereocenters. The van der Waals surface area contributed by atoms with E-state index in [1.54, 1.807) is 6.92 Å². The lowest BCUT2D eigenvalue weighted by Gasteiger charge is -2.24. The fourth-order valence-corrected chi connectivity index (χ4v) is 1.89. The number of carboxylic acid groups (broad SMARTS) is 1. The molecule has 0 bridgehead atoms. The first-order chi connectivity index (χ1) is 10.1. The Hall–Kier alpha value is -1.95. The number of benzene rings is 1. The molecular formula is C16H22FNO4. The molecule has 0 fully saturated rings. The topological polar surface area (TPSA) is 86.6 Å². The molecule has 1 aromatic carbocycles. The molecule has 0 aliphatic carbocycles. The van der Waals surface area contributed by atoms with Gasteiger partial charge in [0.05, 0.1) is 16.7 Å². The molecule has 0 heterocycles. The van der Waals surface area contributed by atoms with Crippen LogP contribution in [0.25, 0.3) is 0 Å². The number of aliphatic hydroxyl groups is 1. The summed E-state index contributed by atoms with van der Waals surface area (Å²) in [5.74, 6) is -2.41. The number of hydrogen-bond donors (Lipinski definition) is 3. The largest absolute Gasteiger partial charge is 0.478 e. The third kappa shape index (κ3) is 5.44. The zero-order valence-corrected chi connectivity index (χ0v) is 13.0. The predicted molar refractivity (Wildman–Crippen MR) is 80.4 cm³/mol. The van der Waals surface area contributed by atoms with E-state index in [4.69, 9.17) is 5.11 Å². The molecule has 122 valence electrons. The summed E-state index contributed by atoms with van der Waals surface area (Å²) in [4.78, 5) is 22.6. The number of rotatable bonds is 7. The van der Waals surface area contributed by atoms with Crippen molar-refractivity contribution < 1.29 is 24.2 Å². The smallest absolute Gasteiger partial charge is 0.335 e. The van der Waals surface area contributed by atoms with Crippen molar-refractivity contribution in [1.29, 1.82) is 0 Å². The summed E-state index contributed by atoms with van der Waals surface area (Å²) in [6.07, 6.45) is 1.33. The number of halogens is 1. The standard InChI is InChI=1S/C16H22FNO4/c1-10(2)6-7-16(3,22)9-18-14(19)12-5-4-11(15(20)21)8-13(12)17/h4-5,8,10,22H,6-7,9H2,1-3H3,(H,18,19)(H,20,21). The van der Waals surface area contributed by atoms with Crippen LogP contribution in [0.15, 0.2) is 18.2 Å². The third-order valence-corrected chi connectivity index (χ3v) is 3.35. The van der Waals surface area contributed by atoms with Crippen LogP contribution in [0, 0.1) is 11.7 Å². The minimum absolute atomic E-state index is 0.00131. The molecule has 0 saturated heterocycles. The number of carboxylic acids is 1. The number of hydrogen-bond acceptors (Lipinski definition) is 3. The number of nitrogens with one attached hydrogen (secondary N) is 1. The van der Waals surface area contributed by atoms with Gasteiger partial charge in [-0.15, -0.1) is 0 Å². The fourth-order valence-electron chi connectivity index (χ4n) is 1.89. The van der Waals surface area contributed by atoms with Gasteiger partial charge in [-0.25, -0.2) is 9.18 Å². The van der Waals surface area contributed by atoms with E-state index in [-0.39, 0.29) is 17.7 Å². The molecule has 22 heavy (non-hydrogen) atoms. The van der Waals surface area contributed by atoms with Crippen LogP contribution in [0.1, 0.15) is 54.3 Å². The van der Waals surface area contributed by atoms with Crippen molar-refractivity contribution in [2.45, 2.75) is 39.2 Å². The van der Waals surface area contributed by atoms with Crippen molar-refractivity contribution in [1.82, 2.24) is 5.32 Å². The Kier molecular flexibility index (Phi) is 6.05. The third-order valence-electron chi connectivity index (χ3n) is 3.35. The summed E-state index contributed by atoms with van der Waals surface area (Å²) in [5.41, 5.74) is -1.54. The van der Waals surface area contributed by atoms with Crippen molar-refractivity contribution >= 4 is 11.9 Å². The van der Waals surface area contributed by atoms with Crippen LogP contribution in [0.5, 0.6) is 0 Å². The molecular weight excluding hydrogens is 289 g/mol. The number of amides is 1. The van der Waals surface area contributed by atoms with Crippen LogP contribution in [-0.2, 0) is 0 Å². The van der Waals surface area contributed by atoms with Gasteiger partial charge in [-0.05, 0) is 43.9 Å². The summed E-state index contributed by atoms with van der Waals surface area (Å²) in [6, 6.07) is 3.09. The van der Waals surface area contributed by atoms with E-state index in [9.17, 15) is 19.1 Å². The van der Waals surface area contributed by atoms with E-state index in [2.05, 4.69) is 5.32 Å². The zero-order chi connectivity index (χ0) is 16.9. The maximum absolute atomic E-state index is 13.7. The Morgan fingerprint density at radius 2 is 2.00 bits per heavy atom. The minimum Gasteiger partial charge on any atom is -0.478 e. The Morgan fingerprint density at radius 1 is 1.36 bits per heavy atom. The lowest BCUT2D eigenvalue weighted by Crippen LogP contribution is -2.41. The highest BCUT2D eigenvalue weighted by Crippen LogP contribution is 2.16. The highest BCUT2D eigenvalue weighted by Gasteiger charge is 2.23. The lowest BCUT2D eigenvalue weighted by atomic mass is 9.95. The van der Waals surface area contributed by atoms with E-state index < -0.39 is 23.3 Å². The van der Waals surface area contributed by atoms with E-state index in [1.807, 2.05) is 13.8 Å². The fraction of sp³-hybridized carbons (Fsp3) is 0.500. The van der Waals surface area contributed by atoms with Crippen LogP contribution in [0.4, 0.5) is 4.39 Å². The number of aromatic carboxylic acids is 1. The molecule has 0 aromatic heterocycles. The lowest BCUT2D eigenvalue weighted by molar-refractivity contribution is 0.0428. The highest BCUT2D eigenvalue weighted by molar-refractivity contribution is 5.96. The van der Waals surface area contributed by atoms with Gasteiger partial charge in [0.1, 0.15) is 5.82 Å². The van der Waals surface area contributed by atoms with Crippen LogP contribution < -0.4 is 5.32 Å².